The van der Waals surface area contributed by atoms with Gasteiger partial charge in [0, 0.05) is 0 Å². The molecular formula is C56H91N3O45. The van der Waals surface area contributed by atoms with E-state index in [4.69, 9.17) is 94.7 Å². The second-order valence-corrected chi connectivity index (χ2v) is 25.6. The van der Waals surface area contributed by atoms with Crippen molar-refractivity contribution in [2.75, 3.05) is 73.7 Å². The second-order valence-electron chi connectivity index (χ2n) is 25.6. The molecular weight excluding hydrogens is 1430 g/mol. The summed E-state index contributed by atoms with van der Waals surface area (Å²) < 4.78 is 114. The van der Waals surface area contributed by atoms with Gasteiger partial charge in [-0.05, 0) is 0 Å². The molecule has 0 aromatic carbocycles. The Labute approximate surface area is 586 Å². The Bertz CT molecular complexity index is 2770. The molecule has 0 unspecified atom stereocenters. The number of rotatable bonds is 26. The molecule has 104 heavy (non-hydrogen) atoms. The first-order valence-electron chi connectivity index (χ1n) is 32.6. The van der Waals surface area contributed by atoms with Crippen LogP contribution < -0.4 is 14.2 Å². The third kappa shape index (κ3) is 18.0. The monoisotopic (exact) mass is 1530 g/mol. The van der Waals surface area contributed by atoms with Crippen LogP contribution in [0.4, 0.5) is 0 Å². The molecule has 42 atom stereocenters. The molecule has 1 aromatic rings. The number of methoxy groups -OCH3 is 2. The summed E-state index contributed by atoms with van der Waals surface area (Å²) in [5, 5.41) is 274. The number of aliphatic hydroxyl groups is 25. The molecule has 48 heteroatoms. The van der Waals surface area contributed by atoms with E-state index in [0.717, 1.165) is 0 Å². The first-order valence-corrected chi connectivity index (χ1v) is 32.6. The molecule has 0 amide bonds. The van der Waals surface area contributed by atoms with Gasteiger partial charge in [0.15, 0.2) is 50.3 Å². The summed E-state index contributed by atoms with van der Waals surface area (Å²) in [7, 11) is 2.39. The first-order chi connectivity index (χ1) is 49.4. The van der Waals surface area contributed by atoms with Gasteiger partial charge < -0.3 is 222 Å². The maximum Gasteiger partial charge on any atom is 0.328 e. The Morgan fingerprint density at radius 1 is 0.269 bits per heavy atom. The summed E-state index contributed by atoms with van der Waals surface area (Å²) in [4.78, 5) is 11.6. The fourth-order valence-electron chi connectivity index (χ4n) is 12.5. The SMILES string of the molecule is COc1nc(OC)nc(O[C@@H]2O[C@H](CO)[C@@H](O[C@@H]3O[C@H](CO[C@H]4OC[C@@H](O)[C@H](O)[C@H]4O)[C@@H](O[C@@H]4O[C@H](CO[C@H]5OC[C@@H](O)[C@H](O)[C@H]5O[C@@H]5O[C@H](CO)[C@H](O)[C@H](O)[C@H]5O)[C@@H](O[C@@H]5O[C@H](CO[C@H]6OC[C@@H](O)[C@H](O)[C@H]6O[C@@H]6O[C@H](CO)[C@H](O)[C@H](O)[C@H]6O)[C@@H](O)[C@H](O)[C@H]5O)[C@H](O)[C@H]4O)[C@H](O)[C@H]3O)[C@H](O)[C@H]2O)n1. The maximum absolute atomic E-state index is 12.2. The lowest BCUT2D eigenvalue weighted by molar-refractivity contribution is -0.395. The number of hydrogen-bond acceptors (Lipinski definition) is 48. The molecule has 9 aliphatic heterocycles. The fraction of sp³-hybridized carbons (Fsp3) is 0.946. The predicted octanol–water partition coefficient (Wildman–Crippen LogP) is -18.4. The van der Waals surface area contributed by atoms with E-state index in [1.165, 1.54) is 14.2 Å². The van der Waals surface area contributed by atoms with Crippen LogP contribution in [0.2, 0.25) is 0 Å². The lowest BCUT2D eigenvalue weighted by Gasteiger charge is -2.49. The van der Waals surface area contributed by atoms with E-state index in [1.807, 2.05) is 0 Å². The van der Waals surface area contributed by atoms with Crippen molar-refractivity contribution in [2.45, 2.75) is 258 Å². The summed E-state index contributed by atoms with van der Waals surface area (Å²) >= 11 is 0. The maximum atomic E-state index is 12.2. The minimum absolute atomic E-state index is 0.323. The molecule has 0 radical (unpaired) electrons. The smallest absolute Gasteiger partial charge is 0.328 e. The molecule has 9 aliphatic rings. The van der Waals surface area contributed by atoms with E-state index in [9.17, 15) is 128 Å². The van der Waals surface area contributed by atoms with Crippen molar-refractivity contribution in [2.24, 2.45) is 0 Å². The molecule has 10 rings (SSSR count). The molecule has 1 aromatic heterocycles. The largest absolute Gasteiger partial charge is 0.467 e. The van der Waals surface area contributed by atoms with Crippen molar-refractivity contribution in [3.63, 3.8) is 0 Å². The second kappa shape index (κ2) is 36.3. The minimum Gasteiger partial charge on any atom is -0.467 e. The van der Waals surface area contributed by atoms with Crippen LogP contribution in [0.25, 0.3) is 0 Å². The molecule has 0 saturated carbocycles. The van der Waals surface area contributed by atoms with Crippen LogP contribution in [0.1, 0.15) is 0 Å². The zero-order chi connectivity index (χ0) is 75.6. The van der Waals surface area contributed by atoms with Gasteiger partial charge in [0.1, 0.15) is 201 Å². The van der Waals surface area contributed by atoms with Crippen LogP contribution in [-0.4, -0.2) is 474 Å². The third-order valence-electron chi connectivity index (χ3n) is 18.7. The lowest BCUT2D eigenvalue weighted by Crippen LogP contribution is -2.68. The molecule has 48 nitrogen and oxygen atoms in total. The molecule has 9 saturated heterocycles. The molecule has 600 valence electrons. The van der Waals surface area contributed by atoms with E-state index in [0.29, 0.717) is 0 Å². The van der Waals surface area contributed by atoms with Crippen LogP contribution in [0.3, 0.4) is 0 Å². The van der Waals surface area contributed by atoms with Crippen molar-refractivity contribution in [3.8, 4) is 18.0 Å². The quantitative estimate of drug-likeness (QED) is 0.0409. The molecule has 0 aliphatic carbocycles. The normalized spacial score (nSPS) is 49.8. The summed E-state index contributed by atoms with van der Waals surface area (Å²) in [6.45, 7) is -7.93. The van der Waals surface area contributed by atoms with Gasteiger partial charge in [-0.25, -0.2) is 0 Å². The highest BCUT2D eigenvalue weighted by atomic mass is 16.8. The highest BCUT2D eigenvalue weighted by molar-refractivity contribution is 5.10. The average Bonchev–Trinajstić information content (AvgIpc) is 0.762. The Kier molecular flexibility index (Phi) is 29.0. The van der Waals surface area contributed by atoms with E-state index >= 15 is 0 Å². The fourth-order valence-corrected chi connectivity index (χ4v) is 12.5. The summed E-state index contributed by atoms with van der Waals surface area (Å²) in [6.07, 6.45) is -84.8. The predicted molar refractivity (Wildman–Crippen MR) is 310 cm³/mol. The summed E-state index contributed by atoms with van der Waals surface area (Å²) in [5.74, 6) is 0. The Hall–Kier alpha value is -3.27. The van der Waals surface area contributed by atoms with Crippen LogP contribution in [0, 0.1) is 0 Å². The number of hydrogen-bond donors (Lipinski definition) is 25. The van der Waals surface area contributed by atoms with Gasteiger partial charge in [0.25, 0.3) is 0 Å². The average molecular weight is 1530 g/mol. The molecule has 9 fully saturated rings. The van der Waals surface area contributed by atoms with Crippen LogP contribution >= 0.6 is 0 Å². The van der Waals surface area contributed by atoms with E-state index in [-0.39, 0.29) is 12.0 Å². The minimum atomic E-state index is -2.49. The van der Waals surface area contributed by atoms with Crippen molar-refractivity contribution < 1.29 is 222 Å². The highest BCUT2D eigenvalue weighted by Gasteiger charge is 2.59. The van der Waals surface area contributed by atoms with Gasteiger partial charge in [-0.2, -0.15) is 0 Å². The topological polar surface area (TPSA) is 729 Å². The number of aromatic nitrogens is 3. The molecule has 0 bridgehead atoms. The van der Waals surface area contributed by atoms with Gasteiger partial charge >= 0.3 is 18.0 Å². The molecule has 25 N–H and O–H groups in total. The Morgan fingerprint density at radius 3 is 0.942 bits per heavy atom. The van der Waals surface area contributed by atoms with Crippen molar-refractivity contribution in [1.82, 2.24) is 15.0 Å². The van der Waals surface area contributed by atoms with Crippen molar-refractivity contribution in [3.05, 3.63) is 0 Å². The van der Waals surface area contributed by atoms with Gasteiger partial charge in [0.2, 0.25) is 6.29 Å². The molecule has 0 spiro atoms. The zero-order valence-electron chi connectivity index (χ0n) is 54.8. The molecule has 10 heterocycles. The van der Waals surface area contributed by atoms with E-state index in [2.05, 4.69) is 15.0 Å². The van der Waals surface area contributed by atoms with Crippen LogP contribution in [-0.2, 0) is 80.5 Å². The van der Waals surface area contributed by atoms with E-state index in [1.54, 1.807) is 0 Å². The number of aliphatic hydroxyl groups excluding tert-OH is 25. The van der Waals surface area contributed by atoms with Gasteiger partial charge in [0.05, 0.1) is 73.7 Å². The van der Waals surface area contributed by atoms with Crippen LogP contribution in [0.5, 0.6) is 18.0 Å². The number of nitrogens with zero attached hydrogens (tertiary/aromatic N) is 3. The Morgan fingerprint density at radius 2 is 0.548 bits per heavy atom. The van der Waals surface area contributed by atoms with Crippen molar-refractivity contribution in [1.29, 1.82) is 0 Å². The van der Waals surface area contributed by atoms with Gasteiger partial charge in [-0.3, -0.25) is 0 Å². The lowest BCUT2D eigenvalue weighted by atomic mass is 9.95. The van der Waals surface area contributed by atoms with Gasteiger partial charge in [-0.15, -0.1) is 15.0 Å². The summed E-state index contributed by atoms with van der Waals surface area (Å²) in [5.41, 5.74) is 0. The van der Waals surface area contributed by atoms with Crippen molar-refractivity contribution >= 4 is 0 Å². The summed E-state index contributed by atoms with van der Waals surface area (Å²) in [6, 6.07) is -1.21. The van der Waals surface area contributed by atoms with Gasteiger partial charge in [-0.1, -0.05) is 0 Å². The van der Waals surface area contributed by atoms with E-state index < -0.39 is 324 Å². The third-order valence-corrected chi connectivity index (χ3v) is 18.7. The highest BCUT2D eigenvalue weighted by Crippen LogP contribution is 2.38. The number of ether oxygens (including phenoxy) is 20. The Balaban J connectivity index is 0.908. The standard InChI is InChI=1S/C56H91N3O45/c1-85-54-57-55(86-2)59-56(58-54)104-51-39(84)30(75)40(17(5-62)95-51)99-49-37(82)31(76)41(19(97-49)10-90-45-33(78)21(66)12(63)6-87-45)101-50-38(83)32(77)42(20(98-50)11-92-53-44(23(68)14(65)8-89-53)103-47-35(80)28(73)25(70)16(4-61)94-47)100-48-36(81)29(74)26(71)18(96-48)9-91-52-43(22(67)13(64)7-88-52)102-46-34(79)27(72)24(69)15(3-60)93-46/h12-53,60-84H,3-11H2,1-2H3/t12-,13-,14-,15-,16-,17-,18-,19-,20-,21+,22+,23+,24+,25+,26-,27+,28+,29+,30-,31-,32-,33-,34-,35-,36-,37-,38-,39-,40-,41-,42-,43-,44-,45-,46+,47+,48+,49+,50+,51+,52-,53-/m1/s1. The zero-order valence-corrected chi connectivity index (χ0v) is 54.8. The first kappa shape index (κ1) is 83.2. The van der Waals surface area contributed by atoms with Crippen LogP contribution in [0.15, 0.2) is 0 Å².